The highest BCUT2D eigenvalue weighted by atomic mass is 32.2. The van der Waals surface area contributed by atoms with E-state index in [0.717, 1.165) is 28.0 Å². The van der Waals surface area contributed by atoms with Crippen molar-refractivity contribution >= 4 is 46.7 Å². The normalized spacial score (nSPS) is 27.2. The minimum Gasteiger partial charge on any atom is -0.454 e. The zero-order valence-electron chi connectivity index (χ0n) is 18.4. The quantitative estimate of drug-likeness (QED) is 0.406. The van der Waals surface area contributed by atoms with Gasteiger partial charge in [0.15, 0.2) is 6.61 Å². The Morgan fingerprint density at radius 1 is 1.19 bits per heavy atom. The van der Waals surface area contributed by atoms with Crippen molar-refractivity contribution in [3.8, 4) is 0 Å². The number of carbonyl (C=O) groups excluding carboxylic acids is 6. The van der Waals surface area contributed by atoms with Crippen LogP contribution < -0.4 is 10.6 Å². The molecule has 1 aliphatic carbocycles. The average molecular weight is 469 g/mol. The van der Waals surface area contributed by atoms with Gasteiger partial charge in [-0.15, -0.1) is 0 Å². The van der Waals surface area contributed by atoms with Crippen LogP contribution in [0.1, 0.15) is 40.0 Å². The first-order valence-corrected chi connectivity index (χ1v) is 11.4. The highest BCUT2D eigenvalue weighted by molar-refractivity contribution is 8.14. The van der Waals surface area contributed by atoms with E-state index >= 15 is 0 Å². The molecule has 0 radical (unpaired) electrons. The first-order valence-electron chi connectivity index (χ1n) is 10.5. The Balaban J connectivity index is 1.45. The molecule has 176 valence electrons. The van der Waals surface area contributed by atoms with Crippen molar-refractivity contribution in [2.24, 2.45) is 11.3 Å². The number of thioether (sulfide) groups is 1. The molecule has 6 amide bonds. The topological polar surface area (TPSA) is 142 Å². The standard InChI is InChI=1S/C20H28N4O7S/c1-12-6-19(2,3)11-20(7-12)16(28)24(17(29)22-20)8-15(27)31-9-13(25)21-4-5-23-14(26)10-32-18(23)30/h12H,4-11H2,1-3H3,(H,21,25)(H,22,29)/t12-,20+/m0/s1. The maximum atomic E-state index is 13.0. The number of imide groups is 2. The largest absolute Gasteiger partial charge is 0.454 e. The van der Waals surface area contributed by atoms with Gasteiger partial charge < -0.3 is 15.4 Å². The third-order valence-electron chi connectivity index (χ3n) is 5.77. The molecule has 0 aromatic heterocycles. The molecular weight excluding hydrogens is 440 g/mol. The van der Waals surface area contributed by atoms with Gasteiger partial charge in [0.25, 0.3) is 17.1 Å². The lowest BCUT2D eigenvalue weighted by Crippen LogP contribution is -2.54. The van der Waals surface area contributed by atoms with Crippen LogP contribution >= 0.6 is 11.8 Å². The van der Waals surface area contributed by atoms with E-state index in [1.807, 2.05) is 20.8 Å². The molecule has 3 fully saturated rings. The van der Waals surface area contributed by atoms with Crippen molar-refractivity contribution in [2.75, 3.05) is 32.0 Å². The lowest BCUT2D eigenvalue weighted by Gasteiger charge is -2.43. The molecule has 12 heteroatoms. The van der Waals surface area contributed by atoms with Gasteiger partial charge in [-0.3, -0.25) is 33.8 Å². The number of nitrogens with zero attached hydrogens (tertiary/aromatic N) is 2. The van der Waals surface area contributed by atoms with Crippen molar-refractivity contribution in [1.82, 2.24) is 20.4 Å². The minimum absolute atomic E-state index is 0.0257. The molecule has 11 nitrogen and oxygen atoms in total. The van der Waals surface area contributed by atoms with Gasteiger partial charge in [0.1, 0.15) is 12.1 Å². The molecule has 3 aliphatic rings. The molecule has 0 aromatic rings. The van der Waals surface area contributed by atoms with Crippen molar-refractivity contribution in [1.29, 1.82) is 0 Å². The third kappa shape index (κ3) is 5.22. The number of hydrogen-bond acceptors (Lipinski definition) is 8. The van der Waals surface area contributed by atoms with E-state index in [9.17, 15) is 28.8 Å². The number of carbonyl (C=O) groups is 6. The van der Waals surface area contributed by atoms with E-state index in [-0.39, 0.29) is 41.3 Å². The fourth-order valence-electron chi connectivity index (χ4n) is 4.93. The van der Waals surface area contributed by atoms with Crippen molar-refractivity contribution in [3.63, 3.8) is 0 Å². The monoisotopic (exact) mass is 468 g/mol. The molecule has 1 saturated carbocycles. The summed E-state index contributed by atoms with van der Waals surface area (Å²) in [5.41, 5.74) is -1.14. The van der Waals surface area contributed by atoms with E-state index in [1.54, 1.807) is 0 Å². The van der Waals surface area contributed by atoms with Gasteiger partial charge in [0.2, 0.25) is 5.91 Å². The van der Waals surface area contributed by atoms with Crippen molar-refractivity contribution in [2.45, 2.75) is 45.6 Å². The molecule has 0 unspecified atom stereocenters. The van der Waals surface area contributed by atoms with Crippen LogP contribution in [-0.2, 0) is 23.9 Å². The highest BCUT2D eigenvalue weighted by Crippen LogP contribution is 2.46. The van der Waals surface area contributed by atoms with Gasteiger partial charge in [-0.1, -0.05) is 32.5 Å². The van der Waals surface area contributed by atoms with Gasteiger partial charge in [-0.05, 0) is 30.6 Å². The van der Waals surface area contributed by atoms with Gasteiger partial charge in [-0.2, -0.15) is 0 Å². The van der Waals surface area contributed by atoms with Crippen LogP contribution in [0.25, 0.3) is 0 Å². The van der Waals surface area contributed by atoms with Gasteiger partial charge >= 0.3 is 12.0 Å². The Morgan fingerprint density at radius 2 is 1.91 bits per heavy atom. The first-order chi connectivity index (χ1) is 14.9. The van der Waals surface area contributed by atoms with E-state index in [2.05, 4.69) is 10.6 Å². The molecule has 2 heterocycles. The summed E-state index contributed by atoms with van der Waals surface area (Å²) in [5, 5.41) is 4.86. The first kappa shape index (κ1) is 24.0. The maximum Gasteiger partial charge on any atom is 0.326 e. The van der Waals surface area contributed by atoms with Gasteiger partial charge in [-0.25, -0.2) is 4.79 Å². The van der Waals surface area contributed by atoms with Crippen LogP contribution in [0.5, 0.6) is 0 Å². The molecule has 1 spiro atoms. The Hall–Kier alpha value is -2.63. The van der Waals surface area contributed by atoms with Crippen molar-refractivity contribution < 1.29 is 33.5 Å². The number of esters is 1. The third-order valence-corrected chi connectivity index (χ3v) is 6.63. The molecule has 3 rings (SSSR count). The maximum absolute atomic E-state index is 13.0. The van der Waals surface area contributed by atoms with Crippen LogP contribution in [0.2, 0.25) is 0 Å². The number of rotatable bonds is 7. The summed E-state index contributed by atoms with van der Waals surface area (Å²) in [4.78, 5) is 74.3. The van der Waals surface area contributed by atoms with Gasteiger partial charge in [0.05, 0.1) is 5.75 Å². The van der Waals surface area contributed by atoms with E-state index in [4.69, 9.17) is 4.74 Å². The number of ether oxygens (including phenoxy) is 1. The summed E-state index contributed by atoms with van der Waals surface area (Å²) in [7, 11) is 0. The number of hydrogen-bond donors (Lipinski definition) is 2. The summed E-state index contributed by atoms with van der Waals surface area (Å²) in [6.07, 6.45) is 1.94. The van der Waals surface area contributed by atoms with Crippen LogP contribution in [0.4, 0.5) is 9.59 Å². The smallest absolute Gasteiger partial charge is 0.326 e. The second-order valence-corrected chi connectivity index (χ2v) is 10.3. The highest BCUT2D eigenvalue weighted by Gasteiger charge is 2.56. The fourth-order valence-corrected chi connectivity index (χ4v) is 5.68. The van der Waals surface area contributed by atoms with Gasteiger partial charge in [0, 0.05) is 13.1 Å². The molecule has 32 heavy (non-hydrogen) atoms. The summed E-state index contributed by atoms with van der Waals surface area (Å²) in [5.74, 6) is -1.94. The van der Waals surface area contributed by atoms with Crippen LogP contribution in [-0.4, -0.2) is 82.3 Å². The Labute approximate surface area is 189 Å². The number of amides is 6. The van der Waals surface area contributed by atoms with E-state index in [0.29, 0.717) is 12.8 Å². The molecule has 0 bridgehead atoms. The second-order valence-electron chi connectivity index (χ2n) is 9.37. The van der Waals surface area contributed by atoms with Crippen molar-refractivity contribution in [3.05, 3.63) is 0 Å². The molecule has 2 aliphatic heterocycles. The van der Waals surface area contributed by atoms with Crippen LogP contribution in [0.3, 0.4) is 0 Å². The summed E-state index contributed by atoms with van der Waals surface area (Å²) in [6.45, 7) is 5.01. The molecule has 2 N–H and O–H groups in total. The lowest BCUT2D eigenvalue weighted by molar-refractivity contribution is -0.151. The summed E-state index contributed by atoms with van der Waals surface area (Å²) in [6, 6.07) is -0.640. The Morgan fingerprint density at radius 3 is 2.53 bits per heavy atom. The van der Waals surface area contributed by atoms with E-state index in [1.165, 1.54) is 0 Å². The van der Waals surface area contributed by atoms with Crippen LogP contribution in [0, 0.1) is 11.3 Å². The summed E-state index contributed by atoms with van der Waals surface area (Å²) >= 11 is 0.900. The predicted octanol–water partition coefficient (Wildman–Crippen LogP) is 0.478. The molecule has 2 saturated heterocycles. The average Bonchev–Trinajstić information content (AvgIpc) is 3.10. The predicted molar refractivity (Wildman–Crippen MR) is 113 cm³/mol. The number of nitrogens with one attached hydrogen (secondary N) is 2. The minimum atomic E-state index is -1.02. The summed E-state index contributed by atoms with van der Waals surface area (Å²) < 4.78 is 4.89. The fraction of sp³-hybridized carbons (Fsp3) is 0.700. The molecule has 0 aromatic carbocycles. The second kappa shape index (κ2) is 9.08. The lowest BCUT2D eigenvalue weighted by atomic mass is 9.64. The molecular formula is C20H28N4O7S. The van der Waals surface area contributed by atoms with Crippen LogP contribution in [0.15, 0.2) is 0 Å². The Bertz CT molecular complexity index is 845. The zero-order chi connectivity index (χ0) is 23.7. The molecule has 2 atom stereocenters. The zero-order valence-corrected chi connectivity index (χ0v) is 19.2. The number of urea groups is 1. The SMILES string of the molecule is C[C@H]1CC(C)(C)C[C@@]2(C1)NC(=O)N(CC(=O)OCC(=O)NCCN1C(=O)CSC1=O)C2=O. The Kier molecular flexibility index (Phi) is 6.82. The van der Waals surface area contributed by atoms with E-state index < -0.39 is 42.5 Å².